The Balaban J connectivity index is 0. The highest BCUT2D eigenvalue weighted by Gasteiger charge is 2.22. The molecule has 0 unspecified atom stereocenters. The number of aliphatic carboxylic acids is 1. The molecule has 0 saturated carbocycles. The summed E-state index contributed by atoms with van der Waals surface area (Å²) in [4.78, 5) is 30.5. The summed E-state index contributed by atoms with van der Waals surface area (Å²) < 4.78 is 0. The first-order valence-corrected chi connectivity index (χ1v) is 7.13. The zero-order valence-electron chi connectivity index (χ0n) is 13.4. The van der Waals surface area contributed by atoms with Crippen LogP contribution in [0.5, 0.6) is 0 Å². The molecule has 24 heavy (non-hydrogen) atoms. The first-order valence-electron chi connectivity index (χ1n) is 7.13. The number of nitrogens with one attached hydrogen (secondary N) is 1. The molecule has 0 radical (unpaired) electrons. The van der Waals surface area contributed by atoms with Gasteiger partial charge in [0.1, 0.15) is 6.04 Å². The molecular weight excluding hydrogens is 340 g/mol. The SMILES string of the molecule is Cl.NC(N)=NCCC[C@H](NC(=O)[C@@H](N)CCCN=C(N)N)C(=O)O. The van der Waals surface area contributed by atoms with Crippen molar-refractivity contribution in [3.63, 3.8) is 0 Å². The third-order valence-electron chi connectivity index (χ3n) is 2.86. The van der Waals surface area contributed by atoms with Crippen molar-refractivity contribution in [2.75, 3.05) is 13.1 Å². The monoisotopic (exact) mass is 366 g/mol. The molecule has 0 saturated heterocycles. The molecule has 1 amide bonds. The fourth-order valence-corrected chi connectivity index (χ4v) is 1.69. The summed E-state index contributed by atoms with van der Waals surface area (Å²) in [5, 5.41) is 11.5. The third kappa shape index (κ3) is 12.3. The van der Waals surface area contributed by atoms with Crippen LogP contribution in [-0.4, -0.2) is 54.1 Å². The number of nitrogens with two attached hydrogens (primary N) is 5. The smallest absolute Gasteiger partial charge is 0.326 e. The van der Waals surface area contributed by atoms with Gasteiger partial charge >= 0.3 is 5.97 Å². The molecular formula is C12H27ClN8O3. The second-order valence-corrected chi connectivity index (χ2v) is 4.90. The number of hydrogen-bond acceptors (Lipinski definition) is 5. The van der Waals surface area contributed by atoms with Crippen LogP contribution in [0, 0.1) is 0 Å². The van der Waals surface area contributed by atoms with E-state index < -0.39 is 24.0 Å². The molecule has 12 heteroatoms. The fourth-order valence-electron chi connectivity index (χ4n) is 1.69. The van der Waals surface area contributed by atoms with Crippen LogP contribution in [0.2, 0.25) is 0 Å². The number of carbonyl (C=O) groups is 2. The van der Waals surface area contributed by atoms with Crippen molar-refractivity contribution >= 4 is 36.2 Å². The number of guanidine groups is 2. The highest BCUT2D eigenvalue weighted by atomic mass is 35.5. The summed E-state index contributed by atoms with van der Waals surface area (Å²) in [6, 6.07) is -1.87. The fraction of sp³-hybridized carbons (Fsp3) is 0.667. The summed E-state index contributed by atoms with van der Waals surface area (Å²) in [6.07, 6.45) is 1.45. The summed E-state index contributed by atoms with van der Waals surface area (Å²) in [7, 11) is 0. The molecule has 140 valence electrons. The maximum atomic E-state index is 11.9. The minimum Gasteiger partial charge on any atom is -0.480 e. The van der Waals surface area contributed by atoms with Crippen LogP contribution in [0.15, 0.2) is 9.98 Å². The van der Waals surface area contributed by atoms with E-state index in [1.165, 1.54) is 0 Å². The number of amides is 1. The van der Waals surface area contributed by atoms with Crippen molar-refractivity contribution in [1.29, 1.82) is 0 Å². The lowest BCUT2D eigenvalue weighted by molar-refractivity contribution is -0.142. The number of hydrogen-bond donors (Lipinski definition) is 7. The zero-order valence-corrected chi connectivity index (χ0v) is 14.2. The predicted octanol–water partition coefficient (Wildman–Crippen LogP) is -2.59. The first kappa shape index (κ1) is 24.0. The Morgan fingerprint density at radius 2 is 1.42 bits per heavy atom. The Kier molecular flexibility index (Phi) is 13.2. The number of carboxylic acid groups (broad SMARTS) is 1. The van der Waals surface area contributed by atoms with E-state index in [0.29, 0.717) is 25.8 Å². The Hall–Kier alpha value is -2.27. The lowest BCUT2D eigenvalue weighted by Crippen LogP contribution is -2.48. The Morgan fingerprint density at radius 3 is 1.83 bits per heavy atom. The second kappa shape index (κ2) is 13.2. The highest BCUT2D eigenvalue weighted by Crippen LogP contribution is 2.01. The minimum absolute atomic E-state index is 0. The number of rotatable bonds is 11. The second-order valence-electron chi connectivity index (χ2n) is 4.90. The van der Waals surface area contributed by atoms with Crippen LogP contribution in [0.4, 0.5) is 0 Å². The summed E-state index contributed by atoms with van der Waals surface area (Å²) in [6.45, 7) is 0.636. The van der Waals surface area contributed by atoms with Crippen LogP contribution in [0.1, 0.15) is 25.7 Å². The molecule has 0 bridgehead atoms. The normalized spacial score (nSPS) is 12.2. The number of carbonyl (C=O) groups excluding carboxylic acids is 1. The van der Waals surface area contributed by atoms with Gasteiger partial charge in [-0.2, -0.15) is 0 Å². The van der Waals surface area contributed by atoms with Crippen LogP contribution in [0.25, 0.3) is 0 Å². The lowest BCUT2D eigenvalue weighted by atomic mass is 10.1. The van der Waals surface area contributed by atoms with Crippen molar-refractivity contribution in [2.24, 2.45) is 38.7 Å². The molecule has 11 nitrogen and oxygen atoms in total. The standard InChI is InChI=1S/C12H26N8O3.ClH/c13-7(3-1-5-18-11(14)15)9(21)20-8(10(22)23)4-2-6-19-12(16)17;/h7-8H,1-6,13H2,(H,20,21)(H,22,23)(H4,14,15,18)(H4,16,17,19);1H/t7-,8-;/m0./s1. The van der Waals surface area contributed by atoms with Gasteiger partial charge in [-0.3, -0.25) is 14.8 Å². The molecule has 0 aliphatic rings. The molecule has 0 spiro atoms. The summed E-state index contributed by atoms with van der Waals surface area (Å²) in [5.41, 5.74) is 26.4. The minimum atomic E-state index is -1.14. The van der Waals surface area contributed by atoms with Crippen molar-refractivity contribution in [2.45, 2.75) is 37.8 Å². The molecule has 0 aromatic carbocycles. The van der Waals surface area contributed by atoms with E-state index in [-0.39, 0.29) is 37.3 Å². The topological polar surface area (TPSA) is 221 Å². The van der Waals surface area contributed by atoms with Gasteiger partial charge in [-0.05, 0) is 25.7 Å². The quantitative estimate of drug-likeness (QED) is 0.116. The van der Waals surface area contributed by atoms with Crippen LogP contribution in [-0.2, 0) is 9.59 Å². The van der Waals surface area contributed by atoms with Gasteiger partial charge in [0.15, 0.2) is 11.9 Å². The van der Waals surface area contributed by atoms with E-state index in [2.05, 4.69) is 15.3 Å². The van der Waals surface area contributed by atoms with Gasteiger partial charge in [-0.25, -0.2) is 4.79 Å². The number of halogens is 1. The van der Waals surface area contributed by atoms with E-state index >= 15 is 0 Å². The van der Waals surface area contributed by atoms with E-state index in [1.807, 2.05) is 0 Å². The molecule has 0 rings (SSSR count). The molecule has 0 aliphatic carbocycles. The van der Waals surface area contributed by atoms with Gasteiger partial charge in [0.05, 0.1) is 6.04 Å². The third-order valence-corrected chi connectivity index (χ3v) is 2.86. The summed E-state index contributed by atoms with van der Waals surface area (Å²) >= 11 is 0. The number of carboxylic acids is 1. The van der Waals surface area contributed by atoms with Gasteiger partial charge in [0.2, 0.25) is 5.91 Å². The van der Waals surface area contributed by atoms with Gasteiger partial charge in [-0.1, -0.05) is 0 Å². The lowest BCUT2D eigenvalue weighted by Gasteiger charge is -2.17. The average Bonchev–Trinajstić information content (AvgIpc) is 2.45. The van der Waals surface area contributed by atoms with E-state index in [1.54, 1.807) is 0 Å². The van der Waals surface area contributed by atoms with Gasteiger partial charge < -0.3 is 39.1 Å². The molecule has 12 N–H and O–H groups in total. The number of nitrogens with zero attached hydrogens (tertiary/aromatic N) is 2. The van der Waals surface area contributed by atoms with E-state index in [0.717, 1.165) is 0 Å². The molecule has 0 aromatic rings. The van der Waals surface area contributed by atoms with Crippen molar-refractivity contribution in [1.82, 2.24) is 5.32 Å². The highest BCUT2D eigenvalue weighted by molar-refractivity contribution is 5.86. The van der Waals surface area contributed by atoms with E-state index in [4.69, 9.17) is 33.8 Å². The Morgan fingerprint density at radius 1 is 0.958 bits per heavy atom. The predicted molar refractivity (Wildman–Crippen MR) is 94.6 cm³/mol. The van der Waals surface area contributed by atoms with Crippen LogP contribution >= 0.6 is 12.4 Å². The maximum Gasteiger partial charge on any atom is 0.326 e. The molecule has 2 atom stereocenters. The molecule has 0 heterocycles. The Bertz CT molecular complexity index is 450. The van der Waals surface area contributed by atoms with Crippen molar-refractivity contribution in [3.8, 4) is 0 Å². The van der Waals surface area contributed by atoms with Gasteiger partial charge in [0.25, 0.3) is 0 Å². The Labute approximate surface area is 146 Å². The molecule has 0 aliphatic heterocycles. The van der Waals surface area contributed by atoms with Crippen molar-refractivity contribution in [3.05, 3.63) is 0 Å². The number of aliphatic imine (C=N–C) groups is 2. The first-order chi connectivity index (χ1) is 10.7. The average molecular weight is 367 g/mol. The van der Waals surface area contributed by atoms with Gasteiger partial charge in [0, 0.05) is 13.1 Å². The molecule has 0 aromatic heterocycles. The van der Waals surface area contributed by atoms with E-state index in [9.17, 15) is 9.59 Å². The van der Waals surface area contributed by atoms with Crippen LogP contribution < -0.4 is 34.0 Å². The van der Waals surface area contributed by atoms with Crippen LogP contribution in [0.3, 0.4) is 0 Å². The summed E-state index contributed by atoms with van der Waals surface area (Å²) in [5.74, 6) is -1.78. The molecule has 0 fully saturated rings. The zero-order chi connectivity index (χ0) is 17.8. The maximum absolute atomic E-state index is 11.9. The largest absolute Gasteiger partial charge is 0.480 e. The van der Waals surface area contributed by atoms with Crippen molar-refractivity contribution < 1.29 is 14.7 Å². The van der Waals surface area contributed by atoms with Gasteiger partial charge in [-0.15, -0.1) is 12.4 Å².